The van der Waals surface area contributed by atoms with Gasteiger partial charge in [-0.3, -0.25) is 4.79 Å². The molecule has 4 heteroatoms. The zero-order valence-electron chi connectivity index (χ0n) is 11.2. The Morgan fingerprint density at radius 3 is 2.25 bits per heavy atom. The molecule has 2 rings (SSSR count). The maximum absolute atomic E-state index is 12.4. The number of benzene rings is 2. The van der Waals surface area contributed by atoms with E-state index < -0.39 is 6.61 Å². The summed E-state index contributed by atoms with van der Waals surface area (Å²) >= 11 is 0. The Balaban J connectivity index is 2.42. The monoisotopic (exact) mass is 276 g/mol. The molecule has 0 fully saturated rings. The molecule has 0 spiro atoms. The van der Waals surface area contributed by atoms with E-state index >= 15 is 0 Å². The summed E-state index contributed by atoms with van der Waals surface area (Å²) in [6, 6.07) is 11.4. The molecule has 0 unspecified atom stereocenters. The molecular weight excluding hydrogens is 262 g/mol. The Morgan fingerprint density at radius 2 is 1.65 bits per heavy atom. The number of hydrogen-bond acceptors (Lipinski definition) is 2. The maximum Gasteiger partial charge on any atom is 0.387 e. The highest BCUT2D eigenvalue weighted by Crippen LogP contribution is 2.24. The summed E-state index contributed by atoms with van der Waals surface area (Å²) in [5, 5.41) is 0. The van der Waals surface area contributed by atoms with Crippen LogP contribution in [0.5, 0.6) is 5.75 Å². The summed E-state index contributed by atoms with van der Waals surface area (Å²) in [4.78, 5) is 12.4. The van der Waals surface area contributed by atoms with E-state index in [1.807, 2.05) is 19.9 Å². The predicted molar refractivity (Wildman–Crippen MR) is 72.4 cm³/mol. The van der Waals surface area contributed by atoms with E-state index in [-0.39, 0.29) is 17.1 Å². The van der Waals surface area contributed by atoms with Crippen molar-refractivity contribution >= 4 is 5.78 Å². The number of carbonyl (C=O) groups excluding carboxylic acids is 1. The second kappa shape index (κ2) is 5.82. The molecule has 20 heavy (non-hydrogen) atoms. The molecule has 0 N–H and O–H groups in total. The summed E-state index contributed by atoms with van der Waals surface area (Å²) in [6.45, 7) is 0.805. The number of hydrogen-bond donors (Lipinski definition) is 0. The molecule has 0 radical (unpaired) electrons. The molecule has 2 nitrogen and oxygen atoms in total. The quantitative estimate of drug-likeness (QED) is 0.785. The van der Waals surface area contributed by atoms with Crippen LogP contribution in [0.4, 0.5) is 8.78 Å². The molecular formula is C16H14F2O2. The smallest absolute Gasteiger partial charge is 0.387 e. The van der Waals surface area contributed by atoms with Gasteiger partial charge in [-0.2, -0.15) is 8.78 Å². The fourth-order valence-electron chi connectivity index (χ4n) is 2.11. The van der Waals surface area contributed by atoms with Gasteiger partial charge >= 0.3 is 6.61 Å². The van der Waals surface area contributed by atoms with E-state index in [0.717, 1.165) is 11.1 Å². The van der Waals surface area contributed by atoms with Gasteiger partial charge in [-0.05, 0) is 38.1 Å². The van der Waals surface area contributed by atoms with Crippen LogP contribution in [0.25, 0.3) is 0 Å². The molecule has 0 atom stereocenters. The summed E-state index contributed by atoms with van der Waals surface area (Å²) in [5.41, 5.74) is 2.49. The molecule has 0 bridgehead atoms. The maximum atomic E-state index is 12.4. The third kappa shape index (κ3) is 3.20. The molecule has 0 amide bonds. The van der Waals surface area contributed by atoms with Crippen LogP contribution in [0.1, 0.15) is 27.0 Å². The lowest BCUT2D eigenvalue weighted by molar-refractivity contribution is -0.0501. The topological polar surface area (TPSA) is 26.3 Å². The van der Waals surface area contributed by atoms with Gasteiger partial charge in [-0.15, -0.1) is 0 Å². The number of aryl methyl sites for hydroxylation is 2. The minimum atomic E-state index is -2.96. The highest BCUT2D eigenvalue weighted by atomic mass is 19.3. The average molecular weight is 276 g/mol. The van der Waals surface area contributed by atoms with Gasteiger partial charge < -0.3 is 4.74 Å². The standard InChI is InChI=1S/C16H14F2O2/c1-10-7-11(2)9-12(8-10)15(19)13-5-3-4-6-14(13)20-16(17)18/h3-9,16H,1-2H3. The SMILES string of the molecule is Cc1cc(C)cc(C(=O)c2ccccc2OC(F)F)c1. The van der Waals surface area contributed by atoms with Crippen LogP contribution in [-0.4, -0.2) is 12.4 Å². The Labute approximate surface area is 116 Å². The van der Waals surface area contributed by atoms with E-state index in [9.17, 15) is 13.6 Å². The van der Waals surface area contributed by atoms with Gasteiger partial charge in [0, 0.05) is 5.56 Å². The van der Waals surface area contributed by atoms with Crippen LogP contribution in [0.15, 0.2) is 42.5 Å². The number of alkyl halides is 2. The van der Waals surface area contributed by atoms with Crippen molar-refractivity contribution in [1.29, 1.82) is 0 Å². The van der Waals surface area contributed by atoms with Crippen molar-refractivity contribution < 1.29 is 18.3 Å². The van der Waals surface area contributed by atoms with Crippen molar-refractivity contribution in [3.63, 3.8) is 0 Å². The number of carbonyl (C=O) groups is 1. The van der Waals surface area contributed by atoms with Crippen molar-refractivity contribution in [1.82, 2.24) is 0 Å². The minimum absolute atomic E-state index is 0.105. The molecule has 0 aliphatic carbocycles. The summed E-state index contributed by atoms with van der Waals surface area (Å²) in [6.07, 6.45) is 0. The van der Waals surface area contributed by atoms with Gasteiger partial charge in [0.15, 0.2) is 5.78 Å². The number of rotatable bonds is 4. The second-order valence-corrected chi connectivity index (χ2v) is 4.58. The first-order chi connectivity index (χ1) is 9.47. The third-order valence-corrected chi connectivity index (χ3v) is 2.83. The minimum Gasteiger partial charge on any atom is -0.434 e. The first-order valence-electron chi connectivity index (χ1n) is 6.14. The van der Waals surface area contributed by atoms with Crippen molar-refractivity contribution in [2.24, 2.45) is 0 Å². The lowest BCUT2D eigenvalue weighted by atomic mass is 9.99. The van der Waals surface area contributed by atoms with Crippen LogP contribution in [0.3, 0.4) is 0 Å². The van der Waals surface area contributed by atoms with Crippen LogP contribution < -0.4 is 4.74 Å². The molecule has 0 saturated heterocycles. The van der Waals surface area contributed by atoms with Crippen molar-refractivity contribution in [2.75, 3.05) is 0 Å². The lowest BCUT2D eigenvalue weighted by Crippen LogP contribution is -2.09. The largest absolute Gasteiger partial charge is 0.434 e. The number of para-hydroxylation sites is 1. The molecule has 0 aliphatic heterocycles. The highest BCUT2D eigenvalue weighted by Gasteiger charge is 2.17. The Hall–Kier alpha value is -2.23. The van der Waals surface area contributed by atoms with Gasteiger partial charge in [0.1, 0.15) is 5.75 Å². The second-order valence-electron chi connectivity index (χ2n) is 4.58. The van der Waals surface area contributed by atoms with Crippen LogP contribution in [-0.2, 0) is 0 Å². The van der Waals surface area contributed by atoms with Gasteiger partial charge in [0.25, 0.3) is 0 Å². The van der Waals surface area contributed by atoms with Gasteiger partial charge in [-0.1, -0.05) is 29.3 Å². The summed E-state index contributed by atoms with van der Waals surface area (Å²) < 4.78 is 29.1. The zero-order valence-corrected chi connectivity index (χ0v) is 11.2. The molecule has 2 aromatic carbocycles. The number of ketones is 1. The molecule has 0 aromatic heterocycles. The first-order valence-corrected chi connectivity index (χ1v) is 6.14. The molecule has 0 aliphatic rings. The average Bonchev–Trinajstić information content (AvgIpc) is 2.36. The molecule has 104 valence electrons. The summed E-state index contributed by atoms with van der Waals surface area (Å²) in [7, 11) is 0. The highest BCUT2D eigenvalue weighted by molar-refractivity contribution is 6.10. The van der Waals surface area contributed by atoms with Crippen molar-refractivity contribution in [2.45, 2.75) is 20.5 Å². The summed E-state index contributed by atoms with van der Waals surface area (Å²) in [5.74, 6) is -0.431. The molecule has 2 aromatic rings. The van der Waals surface area contributed by atoms with E-state index in [2.05, 4.69) is 4.74 Å². The van der Waals surface area contributed by atoms with Crippen molar-refractivity contribution in [3.8, 4) is 5.75 Å². The first kappa shape index (κ1) is 14.2. The van der Waals surface area contributed by atoms with E-state index in [0.29, 0.717) is 5.56 Å². The van der Waals surface area contributed by atoms with E-state index in [1.165, 1.54) is 12.1 Å². The van der Waals surface area contributed by atoms with Crippen molar-refractivity contribution in [3.05, 3.63) is 64.7 Å². The van der Waals surface area contributed by atoms with Crippen LogP contribution in [0.2, 0.25) is 0 Å². The third-order valence-electron chi connectivity index (χ3n) is 2.83. The van der Waals surface area contributed by atoms with Gasteiger partial charge in [0.05, 0.1) is 5.56 Å². The van der Waals surface area contributed by atoms with Gasteiger partial charge in [-0.25, -0.2) is 0 Å². The Kier molecular flexibility index (Phi) is 4.13. The lowest BCUT2D eigenvalue weighted by Gasteiger charge is -2.10. The normalized spacial score (nSPS) is 10.7. The van der Waals surface area contributed by atoms with Crippen LogP contribution >= 0.6 is 0 Å². The Bertz CT molecular complexity index is 616. The zero-order chi connectivity index (χ0) is 14.7. The number of halogens is 2. The predicted octanol–water partition coefficient (Wildman–Crippen LogP) is 4.14. The molecule has 0 saturated carbocycles. The Morgan fingerprint density at radius 1 is 1.05 bits per heavy atom. The van der Waals surface area contributed by atoms with E-state index in [4.69, 9.17) is 0 Å². The molecule has 0 heterocycles. The fourth-order valence-corrected chi connectivity index (χ4v) is 2.11. The van der Waals surface area contributed by atoms with Gasteiger partial charge in [0.2, 0.25) is 0 Å². The van der Waals surface area contributed by atoms with Crippen LogP contribution in [0, 0.1) is 13.8 Å². The fraction of sp³-hybridized carbons (Fsp3) is 0.188. The van der Waals surface area contributed by atoms with E-state index in [1.54, 1.807) is 24.3 Å². The number of ether oxygens (including phenoxy) is 1.